The smallest absolute Gasteiger partial charge is 0.101 e. The summed E-state index contributed by atoms with van der Waals surface area (Å²) in [5.41, 5.74) is 0.691. The summed E-state index contributed by atoms with van der Waals surface area (Å²) in [7, 11) is 0. The van der Waals surface area contributed by atoms with Crippen LogP contribution in [0.25, 0.3) is 9.40 Å². The van der Waals surface area contributed by atoms with Crippen LogP contribution in [0.3, 0.4) is 0 Å². The van der Waals surface area contributed by atoms with Gasteiger partial charge >= 0.3 is 0 Å². The number of halogens is 1. The summed E-state index contributed by atoms with van der Waals surface area (Å²) in [6.45, 7) is 0. The summed E-state index contributed by atoms with van der Waals surface area (Å²) in [4.78, 5) is 0. The second-order valence-electron chi connectivity index (χ2n) is 2.01. The van der Waals surface area contributed by atoms with Gasteiger partial charge in [-0.3, -0.25) is 0 Å². The van der Waals surface area contributed by atoms with Gasteiger partial charge in [0.2, 0.25) is 0 Å². The molecular formula is C7H2ClNS2. The summed E-state index contributed by atoms with van der Waals surface area (Å²) in [6.07, 6.45) is 0. The van der Waals surface area contributed by atoms with Crippen molar-refractivity contribution in [3.05, 3.63) is 21.3 Å². The largest absolute Gasteiger partial charge is 0.192 e. The maximum Gasteiger partial charge on any atom is 0.101 e. The minimum Gasteiger partial charge on any atom is -0.192 e. The highest BCUT2D eigenvalue weighted by Gasteiger charge is 2.08. The van der Waals surface area contributed by atoms with Crippen molar-refractivity contribution >= 4 is 43.7 Å². The maximum atomic E-state index is 8.67. The normalized spacial score (nSPS) is 10.2. The van der Waals surface area contributed by atoms with Crippen molar-refractivity contribution in [1.82, 2.24) is 0 Å². The van der Waals surface area contributed by atoms with Crippen LogP contribution in [0, 0.1) is 11.3 Å². The maximum absolute atomic E-state index is 8.67. The summed E-state index contributed by atoms with van der Waals surface area (Å²) in [5.74, 6) is 0. The average Bonchev–Trinajstić information content (AvgIpc) is 2.54. The fourth-order valence-corrected chi connectivity index (χ4v) is 3.25. The van der Waals surface area contributed by atoms with Gasteiger partial charge in [-0.25, -0.2) is 0 Å². The van der Waals surface area contributed by atoms with Gasteiger partial charge in [0, 0.05) is 16.1 Å². The molecule has 2 heterocycles. The Morgan fingerprint density at radius 1 is 1.36 bits per heavy atom. The molecule has 0 spiro atoms. The van der Waals surface area contributed by atoms with E-state index in [2.05, 4.69) is 6.07 Å². The topological polar surface area (TPSA) is 23.8 Å². The van der Waals surface area contributed by atoms with E-state index < -0.39 is 0 Å². The number of nitriles is 1. The van der Waals surface area contributed by atoms with Crippen LogP contribution in [0.5, 0.6) is 0 Å². The lowest BCUT2D eigenvalue weighted by molar-refractivity contribution is 1.52. The fraction of sp³-hybridized carbons (Fsp3) is 0. The van der Waals surface area contributed by atoms with Gasteiger partial charge in [-0.2, -0.15) is 5.26 Å². The van der Waals surface area contributed by atoms with Crippen LogP contribution in [0.1, 0.15) is 5.56 Å². The van der Waals surface area contributed by atoms with Gasteiger partial charge in [-0.1, -0.05) is 11.6 Å². The first-order valence-electron chi connectivity index (χ1n) is 2.87. The summed E-state index contributed by atoms with van der Waals surface area (Å²) < 4.78 is 1.13. The van der Waals surface area contributed by atoms with E-state index in [1.54, 1.807) is 22.7 Å². The molecule has 0 aliphatic heterocycles. The molecule has 0 atom stereocenters. The van der Waals surface area contributed by atoms with E-state index in [0.717, 1.165) is 9.40 Å². The molecule has 0 radical (unpaired) electrons. The molecule has 0 N–H and O–H groups in total. The monoisotopic (exact) mass is 199 g/mol. The van der Waals surface area contributed by atoms with Crippen molar-refractivity contribution in [2.75, 3.05) is 0 Å². The lowest BCUT2D eigenvalue weighted by atomic mass is 10.3. The van der Waals surface area contributed by atoms with Gasteiger partial charge in [-0.15, -0.1) is 22.7 Å². The van der Waals surface area contributed by atoms with Crippen molar-refractivity contribution in [3.8, 4) is 6.07 Å². The van der Waals surface area contributed by atoms with Gasteiger partial charge < -0.3 is 0 Å². The number of hydrogen-bond donors (Lipinski definition) is 0. The molecule has 1 nitrogen and oxygen atoms in total. The predicted octanol–water partition coefficient (Wildman–Crippen LogP) is 3.49. The highest BCUT2D eigenvalue weighted by Crippen LogP contribution is 2.36. The van der Waals surface area contributed by atoms with E-state index in [0.29, 0.717) is 10.6 Å². The third-order valence-corrected chi connectivity index (χ3v) is 3.93. The van der Waals surface area contributed by atoms with E-state index in [9.17, 15) is 0 Å². The molecule has 0 amide bonds. The zero-order valence-corrected chi connectivity index (χ0v) is 7.69. The zero-order chi connectivity index (χ0) is 7.84. The molecule has 0 saturated heterocycles. The summed E-state index contributed by atoms with van der Waals surface area (Å²) in [6, 6.07) is 2.11. The first-order valence-corrected chi connectivity index (χ1v) is 5.01. The Morgan fingerprint density at radius 2 is 2.09 bits per heavy atom. The molecule has 0 fully saturated rings. The Morgan fingerprint density at radius 3 is 2.82 bits per heavy atom. The van der Waals surface area contributed by atoms with Crippen LogP contribution < -0.4 is 0 Å². The van der Waals surface area contributed by atoms with E-state index in [4.69, 9.17) is 16.9 Å². The Kier molecular flexibility index (Phi) is 1.61. The average molecular weight is 200 g/mol. The Bertz CT molecular complexity index is 435. The van der Waals surface area contributed by atoms with Gasteiger partial charge in [0.15, 0.2) is 0 Å². The molecule has 2 aromatic rings. The molecule has 0 saturated carbocycles. The minimum absolute atomic E-state index is 0.691. The standard InChI is InChI=1S/C7H2ClNS2/c8-5-3-11-7-6(5)4(1-9)2-10-7/h2-3H. The number of thiophene rings is 2. The molecule has 11 heavy (non-hydrogen) atoms. The lowest BCUT2D eigenvalue weighted by Crippen LogP contribution is -1.63. The summed E-state index contributed by atoms with van der Waals surface area (Å²) >= 11 is 9.02. The number of hydrogen-bond acceptors (Lipinski definition) is 3. The van der Waals surface area contributed by atoms with Gasteiger partial charge in [0.05, 0.1) is 14.6 Å². The van der Waals surface area contributed by atoms with Crippen molar-refractivity contribution < 1.29 is 0 Å². The van der Waals surface area contributed by atoms with E-state index in [1.807, 2.05) is 10.8 Å². The highest BCUT2D eigenvalue weighted by atomic mass is 35.5. The van der Waals surface area contributed by atoms with Gasteiger partial charge in [0.1, 0.15) is 6.07 Å². The highest BCUT2D eigenvalue weighted by molar-refractivity contribution is 7.37. The predicted molar refractivity (Wildman–Crippen MR) is 49.4 cm³/mol. The van der Waals surface area contributed by atoms with Crippen LogP contribution in [-0.2, 0) is 0 Å². The molecule has 4 heteroatoms. The van der Waals surface area contributed by atoms with Crippen LogP contribution in [0.4, 0.5) is 0 Å². The molecule has 0 aromatic carbocycles. The number of fused-ring (bicyclic) bond motifs is 1. The van der Waals surface area contributed by atoms with Crippen molar-refractivity contribution in [3.63, 3.8) is 0 Å². The Labute approximate surface area is 76.5 Å². The van der Waals surface area contributed by atoms with Gasteiger partial charge in [-0.05, 0) is 0 Å². The Hall–Kier alpha value is -0.560. The third kappa shape index (κ3) is 0.951. The third-order valence-electron chi connectivity index (χ3n) is 1.39. The van der Waals surface area contributed by atoms with Crippen LogP contribution in [0.2, 0.25) is 5.02 Å². The quantitative estimate of drug-likeness (QED) is 0.637. The first-order chi connectivity index (χ1) is 5.33. The molecule has 0 aliphatic rings. The molecule has 0 bridgehead atoms. The van der Waals surface area contributed by atoms with E-state index in [-0.39, 0.29) is 0 Å². The Balaban J connectivity index is 2.94. The minimum atomic E-state index is 0.691. The number of rotatable bonds is 0. The molecular weight excluding hydrogens is 198 g/mol. The molecule has 2 aromatic heterocycles. The fourth-order valence-electron chi connectivity index (χ4n) is 0.900. The van der Waals surface area contributed by atoms with Crippen LogP contribution in [0.15, 0.2) is 10.8 Å². The van der Waals surface area contributed by atoms with Crippen molar-refractivity contribution in [2.24, 2.45) is 0 Å². The molecule has 2 rings (SSSR count). The molecule has 0 unspecified atom stereocenters. The van der Waals surface area contributed by atoms with Gasteiger partial charge in [0.25, 0.3) is 0 Å². The first kappa shape index (κ1) is 7.11. The van der Waals surface area contributed by atoms with Crippen molar-refractivity contribution in [2.45, 2.75) is 0 Å². The second kappa shape index (κ2) is 2.49. The van der Waals surface area contributed by atoms with E-state index in [1.165, 1.54) is 0 Å². The molecule has 0 aliphatic carbocycles. The zero-order valence-electron chi connectivity index (χ0n) is 5.30. The van der Waals surface area contributed by atoms with Crippen LogP contribution >= 0.6 is 34.3 Å². The SMILES string of the molecule is N#Cc1csc2scc(Cl)c12. The molecule has 54 valence electrons. The number of nitrogens with zero attached hydrogens (tertiary/aromatic N) is 1. The van der Waals surface area contributed by atoms with Crippen LogP contribution in [-0.4, -0.2) is 0 Å². The van der Waals surface area contributed by atoms with Crippen molar-refractivity contribution in [1.29, 1.82) is 5.26 Å². The second-order valence-corrected chi connectivity index (χ2v) is 4.43. The summed E-state index contributed by atoms with van der Waals surface area (Å²) in [5, 5.41) is 14.0. The lowest BCUT2D eigenvalue weighted by Gasteiger charge is -1.79. The van der Waals surface area contributed by atoms with E-state index >= 15 is 0 Å².